The van der Waals surface area contributed by atoms with Crippen molar-refractivity contribution in [3.63, 3.8) is 0 Å². The molecule has 0 aromatic carbocycles. The molecule has 0 spiro atoms. The SMILES string of the molecule is CC(C)(C)OC(=O)NCC(NC(=O)c1ccco1)C1CC1. The van der Waals surface area contributed by atoms with Crippen molar-refractivity contribution < 1.29 is 18.7 Å². The molecule has 21 heavy (non-hydrogen) atoms. The van der Waals surface area contributed by atoms with Gasteiger partial charge in [0.1, 0.15) is 5.60 Å². The van der Waals surface area contributed by atoms with Gasteiger partial charge in [0.25, 0.3) is 5.91 Å². The Balaban J connectivity index is 1.83. The van der Waals surface area contributed by atoms with Crippen LogP contribution in [-0.4, -0.2) is 30.2 Å². The normalized spacial score (nSPS) is 16.1. The molecule has 0 radical (unpaired) electrons. The van der Waals surface area contributed by atoms with Crippen molar-refractivity contribution in [2.24, 2.45) is 5.92 Å². The molecule has 2 N–H and O–H groups in total. The zero-order valence-electron chi connectivity index (χ0n) is 12.6. The number of hydrogen-bond acceptors (Lipinski definition) is 4. The number of amides is 2. The van der Waals surface area contributed by atoms with Gasteiger partial charge in [0, 0.05) is 12.6 Å². The Morgan fingerprint density at radius 2 is 2.14 bits per heavy atom. The average molecular weight is 294 g/mol. The number of ether oxygens (including phenoxy) is 1. The Hall–Kier alpha value is -1.98. The predicted molar refractivity (Wildman–Crippen MR) is 76.9 cm³/mol. The summed E-state index contributed by atoms with van der Waals surface area (Å²) in [5.74, 6) is 0.416. The molecule has 0 saturated heterocycles. The summed E-state index contributed by atoms with van der Waals surface area (Å²) in [6.45, 7) is 5.78. The zero-order chi connectivity index (χ0) is 15.5. The summed E-state index contributed by atoms with van der Waals surface area (Å²) in [4.78, 5) is 23.6. The first-order chi connectivity index (χ1) is 9.85. The van der Waals surface area contributed by atoms with Crippen LogP contribution in [0.2, 0.25) is 0 Å². The van der Waals surface area contributed by atoms with Gasteiger partial charge in [0.15, 0.2) is 5.76 Å². The highest BCUT2D eigenvalue weighted by molar-refractivity contribution is 5.91. The summed E-state index contributed by atoms with van der Waals surface area (Å²) in [6, 6.07) is 3.18. The molecule has 1 aromatic rings. The molecule has 0 aliphatic heterocycles. The Kier molecular flexibility index (Phi) is 4.55. The second-order valence-electron chi connectivity index (χ2n) is 6.28. The molecule has 6 heteroatoms. The fourth-order valence-corrected chi connectivity index (χ4v) is 1.99. The van der Waals surface area contributed by atoms with Crippen LogP contribution in [0.5, 0.6) is 0 Å². The van der Waals surface area contributed by atoms with Crippen molar-refractivity contribution in [2.75, 3.05) is 6.54 Å². The van der Waals surface area contributed by atoms with Crippen LogP contribution in [0.15, 0.2) is 22.8 Å². The van der Waals surface area contributed by atoms with Crippen LogP contribution in [0, 0.1) is 5.92 Å². The van der Waals surface area contributed by atoms with Gasteiger partial charge in [0.05, 0.1) is 6.26 Å². The third-order valence-corrected chi connectivity index (χ3v) is 3.12. The fourth-order valence-electron chi connectivity index (χ4n) is 1.99. The molecule has 1 aromatic heterocycles. The summed E-state index contributed by atoms with van der Waals surface area (Å²) in [7, 11) is 0. The Labute approximate surface area is 124 Å². The van der Waals surface area contributed by atoms with Gasteiger partial charge in [-0.15, -0.1) is 0 Å². The van der Waals surface area contributed by atoms with Gasteiger partial charge >= 0.3 is 6.09 Å². The van der Waals surface area contributed by atoms with E-state index in [1.165, 1.54) is 6.26 Å². The van der Waals surface area contributed by atoms with E-state index < -0.39 is 11.7 Å². The van der Waals surface area contributed by atoms with Crippen molar-refractivity contribution in [2.45, 2.75) is 45.3 Å². The van der Waals surface area contributed by atoms with Crippen molar-refractivity contribution in [3.8, 4) is 0 Å². The number of hydrogen-bond donors (Lipinski definition) is 2. The molecule has 2 amide bonds. The van der Waals surface area contributed by atoms with E-state index in [2.05, 4.69) is 10.6 Å². The van der Waals surface area contributed by atoms with E-state index in [1.54, 1.807) is 12.1 Å². The number of furan rings is 1. The number of carbonyl (C=O) groups is 2. The van der Waals surface area contributed by atoms with Crippen molar-refractivity contribution in [3.05, 3.63) is 24.2 Å². The van der Waals surface area contributed by atoms with E-state index >= 15 is 0 Å². The third kappa shape index (κ3) is 5.13. The maximum atomic E-state index is 12.0. The average Bonchev–Trinajstić information content (AvgIpc) is 3.06. The summed E-state index contributed by atoms with van der Waals surface area (Å²) >= 11 is 0. The van der Waals surface area contributed by atoms with Gasteiger partial charge < -0.3 is 19.8 Å². The Bertz CT molecular complexity index is 486. The standard InChI is InChI=1S/C15H22N2O4/c1-15(2,3)21-14(19)16-9-11(10-6-7-10)17-13(18)12-5-4-8-20-12/h4-5,8,10-11H,6-7,9H2,1-3H3,(H,16,19)(H,17,18). The van der Waals surface area contributed by atoms with Crippen LogP contribution in [0.3, 0.4) is 0 Å². The lowest BCUT2D eigenvalue weighted by Gasteiger charge is -2.22. The highest BCUT2D eigenvalue weighted by Crippen LogP contribution is 2.32. The van der Waals surface area contributed by atoms with Crippen molar-refractivity contribution >= 4 is 12.0 Å². The maximum absolute atomic E-state index is 12.0. The van der Waals surface area contributed by atoms with Crippen molar-refractivity contribution in [1.29, 1.82) is 0 Å². The smallest absolute Gasteiger partial charge is 0.407 e. The molecular formula is C15H22N2O4. The molecule has 1 aliphatic carbocycles. The lowest BCUT2D eigenvalue weighted by atomic mass is 10.2. The van der Waals surface area contributed by atoms with Crippen molar-refractivity contribution in [1.82, 2.24) is 10.6 Å². The second-order valence-corrected chi connectivity index (χ2v) is 6.28. The van der Waals surface area contributed by atoms with E-state index in [0.29, 0.717) is 12.5 Å². The largest absolute Gasteiger partial charge is 0.459 e. The first-order valence-corrected chi connectivity index (χ1v) is 7.16. The van der Waals surface area contributed by atoms with Gasteiger partial charge in [-0.1, -0.05) is 0 Å². The van der Waals surface area contributed by atoms with Crippen LogP contribution in [0.1, 0.15) is 44.2 Å². The molecule has 0 bridgehead atoms. The zero-order valence-corrected chi connectivity index (χ0v) is 12.6. The van der Waals surface area contributed by atoms with E-state index in [4.69, 9.17) is 9.15 Å². The molecule has 116 valence electrons. The fraction of sp³-hybridized carbons (Fsp3) is 0.600. The monoisotopic (exact) mass is 294 g/mol. The second kappa shape index (κ2) is 6.20. The molecule has 1 aliphatic rings. The lowest BCUT2D eigenvalue weighted by Crippen LogP contribution is -2.46. The Morgan fingerprint density at radius 1 is 1.43 bits per heavy atom. The van der Waals surface area contributed by atoms with Crippen LogP contribution < -0.4 is 10.6 Å². The first kappa shape index (κ1) is 15.4. The minimum Gasteiger partial charge on any atom is -0.459 e. The molecule has 1 unspecified atom stereocenters. The van der Waals surface area contributed by atoms with Gasteiger partial charge in [-0.2, -0.15) is 0 Å². The summed E-state index contributed by atoms with van der Waals surface area (Å²) in [6.07, 6.45) is 3.10. The quantitative estimate of drug-likeness (QED) is 0.873. The van der Waals surface area contributed by atoms with E-state index in [-0.39, 0.29) is 17.7 Å². The molecule has 1 heterocycles. The van der Waals surface area contributed by atoms with E-state index in [1.807, 2.05) is 20.8 Å². The number of carbonyl (C=O) groups excluding carboxylic acids is 2. The molecule has 6 nitrogen and oxygen atoms in total. The summed E-state index contributed by atoms with van der Waals surface area (Å²) in [5.41, 5.74) is -0.531. The van der Waals surface area contributed by atoms with Crippen LogP contribution in [-0.2, 0) is 4.74 Å². The van der Waals surface area contributed by atoms with Gasteiger partial charge in [-0.25, -0.2) is 4.79 Å². The molecule has 1 fully saturated rings. The summed E-state index contributed by atoms with van der Waals surface area (Å²) in [5, 5.41) is 5.60. The molecular weight excluding hydrogens is 272 g/mol. The third-order valence-electron chi connectivity index (χ3n) is 3.12. The summed E-state index contributed by atoms with van der Waals surface area (Å²) < 4.78 is 10.2. The number of nitrogens with one attached hydrogen (secondary N) is 2. The highest BCUT2D eigenvalue weighted by atomic mass is 16.6. The Morgan fingerprint density at radius 3 is 2.67 bits per heavy atom. The number of alkyl carbamates (subject to hydrolysis) is 1. The molecule has 1 atom stereocenters. The van der Waals surface area contributed by atoms with Gasteiger partial charge in [-0.05, 0) is 51.7 Å². The minimum absolute atomic E-state index is 0.102. The van der Waals surface area contributed by atoms with Crippen LogP contribution in [0.25, 0.3) is 0 Å². The first-order valence-electron chi connectivity index (χ1n) is 7.16. The van der Waals surface area contributed by atoms with E-state index in [0.717, 1.165) is 12.8 Å². The lowest BCUT2D eigenvalue weighted by molar-refractivity contribution is 0.0518. The molecule has 1 saturated carbocycles. The van der Waals surface area contributed by atoms with Gasteiger partial charge in [-0.3, -0.25) is 4.79 Å². The molecule has 2 rings (SSSR count). The van der Waals surface area contributed by atoms with E-state index in [9.17, 15) is 9.59 Å². The predicted octanol–water partition coefficient (Wildman–Crippen LogP) is 2.31. The topological polar surface area (TPSA) is 80.6 Å². The van der Waals surface area contributed by atoms with Gasteiger partial charge in [0.2, 0.25) is 0 Å². The van der Waals surface area contributed by atoms with Crippen LogP contribution >= 0.6 is 0 Å². The number of rotatable bonds is 5. The minimum atomic E-state index is -0.531. The highest BCUT2D eigenvalue weighted by Gasteiger charge is 2.33. The van der Waals surface area contributed by atoms with Crippen LogP contribution in [0.4, 0.5) is 4.79 Å². The maximum Gasteiger partial charge on any atom is 0.407 e.